The number of hydrogen-bond acceptors (Lipinski definition) is 5. The maximum atomic E-state index is 12.6. The van der Waals surface area contributed by atoms with Crippen molar-refractivity contribution in [3.8, 4) is 11.5 Å². The highest BCUT2D eigenvalue weighted by Crippen LogP contribution is 2.25. The molecule has 7 nitrogen and oxygen atoms in total. The summed E-state index contributed by atoms with van der Waals surface area (Å²) in [6.45, 7) is 9.85. The lowest BCUT2D eigenvalue weighted by Crippen LogP contribution is -2.38. The molecule has 1 saturated heterocycles. The van der Waals surface area contributed by atoms with E-state index in [-0.39, 0.29) is 22.8 Å². The van der Waals surface area contributed by atoms with E-state index in [2.05, 4.69) is 26.1 Å². The first-order valence-corrected chi connectivity index (χ1v) is 12.8. The number of hydrogen-bond donors (Lipinski definition) is 1. The Morgan fingerprint density at radius 1 is 1.00 bits per heavy atom. The number of carbonyl (C=O) groups is 1. The minimum Gasteiger partial charge on any atom is -0.492 e. The molecule has 1 aliphatic heterocycles. The normalized spacial score (nSPS) is 15.8. The van der Waals surface area contributed by atoms with Crippen molar-refractivity contribution in [1.29, 1.82) is 0 Å². The first-order valence-electron chi connectivity index (χ1n) is 11.4. The lowest BCUT2D eigenvalue weighted by Gasteiger charge is -2.20. The number of ether oxygens (including phenoxy) is 2. The molecule has 0 saturated carbocycles. The highest BCUT2D eigenvalue weighted by atomic mass is 32.2. The molecule has 33 heavy (non-hydrogen) atoms. The third-order valence-electron chi connectivity index (χ3n) is 5.60. The number of sulfonamides is 1. The zero-order chi connectivity index (χ0) is 24.1. The van der Waals surface area contributed by atoms with Crippen molar-refractivity contribution in [2.24, 2.45) is 0 Å². The molecule has 180 valence electrons. The summed E-state index contributed by atoms with van der Waals surface area (Å²) in [5.41, 5.74) is 1.26. The number of rotatable bonds is 9. The minimum atomic E-state index is -3.43. The summed E-state index contributed by atoms with van der Waals surface area (Å²) in [5, 5.41) is 2.79. The Hall–Kier alpha value is -2.58. The van der Waals surface area contributed by atoms with Crippen LogP contribution in [0.15, 0.2) is 53.4 Å². The molecule has 1 aliphatic rings. The number of nitrogens with zero attached hydrogens (tertiary/aromatic N) is 1. The average molecular weight is 475 g/mol. The Morgan fingerprint density at radius 2 is 1.58 bits per heavy atom. The van der Waals surface area contributed by atoms with E-state index in [4.69, 9.17) is 9.47 Å². The van der Waals surface area contributed by atoms with Gasteiger partial charge in [0.15, 0.2) is 6.10 Å². The minimum absolute atomic E-state index is 0.0595. The zero-order valence-electron chi connectivity index (χ0n) is 19.8. The van der Waals surface area contributed by atoms with Crippen LogP contribution in [-0.2, 0) is 20.2 Å². The fraction of sp³-hybridized carbons (Fsp3) is 0.480. The van der Waals surface area contributed by atoms with Gasteiger partial charge in [-0.2, -0.15) is 4.31 Å². The SMILES string of the molecule is CC(Oc1ccc(C(C)(C)C)cc1)C(=O)NCCOc1ccc(S(=O)(=O)N2CCCC2)cc1. The number of nitrogens with one attached hydrogen (secondary N) is 1. The Morgan fingerprint density at radius 3 is 2.15 bits per heavy atom. The van der Waals surface area contributed by atoms with E-state index in [1.165, 1.54) is 9.87 Å². The second-order valence-electron chi connectivity index (χ2n) is 9.26. The Balaban J connectivity index is 1.41. The predicted octanol–water partition coefficient (Wildman–Crippen LogP) is 3.73. The third-order valence-corrected chi connectivity index (χ3v) is 7.51. The third kappa shape index (κ3) is 6.71. The molecule has 3 rings (SSSR count). The second kappa shape index (κ2) is 10.6. The summed E-state index contributed by atoms with van der Waals surface area (Å²) in [7, 11) is -3.43. The molecule has 0 bridgehead atoms. The molecule has 0 aliphatic carbocycles. The molecular formula is C25H34N2O5S. The van der Waals surface area contributed by atoms with Crippen molar-refractivity contribution in [2.75, 3.05) is 26.2 Å². The smallest absolute Gasteiger partial charge is 0.260 e. The van der Waals surface area contributed by atoms with Crippen LogP contribution in [0, 0.1) is 0 Å². The van der Waals surface area contributed by atoms with Gasteiger partial charge in [-0.3, -0.25) is 4.79 Å². The molecule has 1 amide bonds. The maximum absolute atomic E-state index is 12.6. The summed E-state index contributed by atoms with van der Waals surface area (Å²) >= 11 is 0. The molecule has 0 aromatic heterocycles. The molecule has 2 aromatic carbocycles. The van der Waals surface area contributed by atoms with Gasteiger partial charge in [-0.25, -0.2) is 8.42 Å². The van der Waals surface area contributed by atoms with Crippen molar-refractivity contribution >= 4 is 15.9 Å². The molecule has 2 aromatic rings. The van der Waals surface area contributed by atoms with E-state index < -0.39 is 16.1 Å². The van der Waals surface area contributed by atoms with Crippen molar-refractivity contribution in [3.05, 3.63) is 54.1 Å². The highest BCUT2D eigenvalue weighted by molar-refractivity contribution is 7.89. The average Bonchev–Trinajstić information content (AvgIpc) is 3.32. The zero-order valence-corrected chi connectivity index (χ0v) is 20.7. The first-order chi connectivity index (χ1) is 15.6. The number of amides is 1. The molecular weight excluding hydrogens is 440 g/mol. The summed E-state index contributed by atoms with van der Waals surface area (Å²) in [6, 6.07) is 14.2. The van der Waals surface area contributed by atoms with Crippen molar-refractivity contribution in [3.63, 3.8) is 0 Å². The van der Waals surface area contributed by atoms with Crippen molar-refractivity contribution < 1.29 is 22.7 Å². The standard InChI is InChI=1S/C25H34N2O5S/c1-19(32-22-9-7-20(8-10-22)25(2,3)4)24(28)26-15-18-31-21-11-13-23(14-12-21)33(29,30)27-16-5-6-17-27/h7-14,19H,5-6,15-18H2,1-4H3,(H,26,28). The van der Waals surface area contributed by atoms with Crippen LogP contribution in [-0.4, -0.2) is 51.0 Å². The highest BCUT2D eigenvalue weighted by Gasteiger charge is 2.27. The Bertz CT molecular complexity index is 1020. The Labute approximate surface area is 197 Å². The first kappa shape index (κ1) is 25.1. The van der Waals surface area contributed by atoms with Gasteiger partial charge in [-0.15, -0.1) is 0 Å². The van der Waals surface area contributed by atoms with Crippen LogP contribution in [0.5, 0.6) is 11.5 Å². The molecule has 0 radical (unpaired) electrons. The Kier molecular flexibility index (Phi) is 8.02. The van der Waals surface area contributed by atoms with Gasteiger partial charge >= 0.3 is 0 Å². The van der Waals surface area contributed by atoms with Crippen LogP contribution in [0.1, 0.15) is 46.1 Å². The fourth-order valence-electron chi connectivity index (χ4n) is 3.56. The summed E-state index contributed by atoms with van der Waals surface area (Å²) in [6.07, 6.45) is 1.17. The monoisotopic (exact) mass is 474 g/mol. The molecule has 1 atom stereocenters. The van der Waals surface area contributed by atoms with E-state index in [1.54, 1.807) is 31.2 Å². The fourth-order valence-corrected chi connectivity index (χ4v) is 5.08. The predicted molar refractivity (Wildman–Crippen MR) is 128 cm³/mol. The number of carbonyl (C=O) groups excluding carboxylic acids is 1. The molecule has 1 fully saturated rings. The molecule has 1 heterocycles. The topological polar surface area (TPSA) is 84.9 Å². The van der Waals surface area contributed by atoms with Crippen LogP contribution in [0.4, 0.5) is 0 Å². The van der Waals surface area contributed by atoms with Crippen molar-refractivity contribution in [2.45, 2.75) is 57.0 Å². The van der Waals surface area contributed by atoms with Crippen LogP contribution in [0.2, 0.25) is 0 Å². The summed E-state index contributed by atoms with van der Waals surface area (Å²) in [4.78, 5) is 12.6. The van der Waals surface area contributed by atoms with Gasteiger partial charge < -0.3 is 14.8 Å². The van der Waals surface area contributed by atoms with Gasteiger partial charge in [-0.05, 0) is 67.1 Å². The van der Waals surface area contributed by atoms with E-state index in [0.717, 1.165) is 12.8 Å². The van der Waals surface area contributed by atoms with E-state index >= 15 is 0 Å². The molecule has 1 unspecified atom stereocenters. The molecule has 1 N–H and O–H groups in total. The van der Waals surface area contributed by atoms with Crippen LogP contribution >= 0.6 is 0 Å². The lowest BCUT2D eigenvalue weighted by atomic mass is 9.87. The van der Waals surface area contributed by atoms with Crippen LogP contribution < -0.4 is 14.8 Å². The molecule has 8 heteroatoms. The van der Waals surface area contributed by atoms with Gasteiger partial charge in [0.1, 0.15) is 18.1 Å². The largest absolute Gasteiger partial charge is 0.492 e. The number of benzene rings is 2. The van der Waals surface area contributed by atoms with Gasteiger partial charge in [0.25, 0.3) is 5.91 Å². The molecule has 0 spiro atoms. The quantitative estimate of drug-likeness (QED) is 0.560. The van der Waals surface area contributed by atoms with Crippen molar-refractivity contribution in [1.82, 2.24) is 9.62 Å². The van der Waals surface area contributed by atoms with E-state index in [1.807, 2.05) is 24.3 Å². The van der Waals surface area contributed by atoms with Gasteiger partial charge in [0.2, 0.25) is 10.0 Å². The van der Waals surface area contributed by atoms with E-state index in [9.17, 15) is 13.2 Å². The lowest BCUT2D eigenvalue weighted by molar-refractivity contribution is -0.127. The second-order valence-corrected chi connectivity index (χ2v) is 11.2. The summed E-state index contributed by atoms with van der Waals surface area (Å²) in [5.74, 6) is 0.962. The van der Waals surface area contributed by atoms with Crippen LogP contribution in [0.3, 0.4) is 0 Å². The van der Waals surface area contributed by atoms with Gasteiger partial charge in [-0.1, -0.05) is 32.9 Å². The van der Waals surface area contributed by atoms with Gasteiger partial charge in [0.05, 0.1) is 11.4 Å². The van der Waals surface area contributed by atoms with Gasteiger partial charge in [0, 0.05) is 13.1 Å². The summed E-state index contributed by atoms with van der Waals surface area (Å²) < 4.78 is 38.0. The van der Waals surface area contributed by atoms with Crippen LogP contribution in [0.25, 0.3) is 0 Å². The van der Waals surface area contributed by atoms with E-state index in [0.29, 0.717) is 31.1 Å². The maximum Gasteiger partial charge on any atom is 0.260 e.